The summed E-state index contributed by atoms with van der Waals surface area (Å²) in [6.07, 6.45) is 0.634. The first-order valence-electron chi connectivity index (χ1n) is 9.43. The average molecular weight is 363 g/mol. The molecule has 0 radical (unpaired) electrons. The van der Waals surface area contributed by atoms with Gasteiger partial charge in [-0.15, -0.1) is 0 Å². The summed E-state index contributed by atoms with van der Waals surface area (Å²) in [7, 11) is 2.04. The highest BCUT2D eigenvalue weighted by atomic mass is 16.6. The van der Waals surface area contributed by atoms with Gasteiger partial charge in [0.25, 0.3) is 0 Å². The molecule has 0 aliphatic carbocycles. The number of carbonyl (C=O) groups is 1. The van der Waals surface area contributed by atoms with Crippen molar-refractivity contribution in [3.63, 3.8) is 0 Å². The zero-order valence-corrected chi connectivity index (χ0v) is 15.6. The van der Waals surface area contributed by atoms with Gasteiger partial charge in [-0.2, -0.15) is 0 Å². The minimum absolute atomic E-state index is 0.229. The van der Waals surface area contributed by atoms with Crippen molar-refractivity contribution in [1.82, 2.24) is 14.8 Å². The molecule has 0 bridgehead atoms. The van der Waals surface area contributed by atoms with Gasteiger partial charge in [0, 0.05) is 36.2 Å². The Morgan fingerprint density at radius 1 is 1.15 bits per heavy atom. The van der Waals surface area contributed by atoms with Crippen molar-refractivity contribution >= 4 is 17.0 Å². The van der Waals surface area contributed by atoms with Crippen LogP contribution in [0, 0.1) is 0 Å². The third-order valence-corrected chi connectivity index (χ3v) is 5.13. The summed E-state index contributed by atoms with van der Waals surface area (Å²) in [5, 5.41) is 1.27. The molecule has 0 unspecified atom stereocenters. The average Bonchev–Trinajstić information content (AvgIpc) is 3.06. The van der Waals surface area contributed by atoms with Gasteiger partial charge in [-0.1, -0.05) is 48.5 Å². The largest absolute Gasteiger partial charge is 0.448 e. The van der Waals surface area contributed by atoms with Gasteiger partial charge in [0.1, 0.15) is 6.61 Å². The second kappa shape index (κ2) is 7.84. The first-order chi connectivity index (χ1) is 13.2. The normalized spacial score (nSPS) is 13.8. The van der Waals surface area contributed by atoms with Crippen LogP contribution in [0.1, 0.15) is 16.8 Å². The van der Waals surface area contributed by atoms with Crippen LogP contribution in [0.3, 0.4) is 0 Å². The summed E-state index contributed by atoms with van der Waals surface area (Å²) < 4.78 is 5.51. The molecule has 2 heterocycles. The van der Waals surface area contributed by atoms with Gasteiger partial charge >= 0.3 is 6.09 Å². The number of hydrogen-bond donors (Lipinski definition) is 1. The Kier molecular flexibility index (Phi) is 5.12. The number of H-pyrrole nitrogens is 1. The topological polar surface area (TPSA) is 48.6 Å². The van der Waals surface area contributed by atoms with E-state index in [4.69, 9.17) is 4.74 Å². The highest BCUT2D eigenvalue weighted by Gasteiger charge is 2.24. The van der Waals surface area contributed by atoms with E-state index in [2.05, 4.69) is 40.2 Å². The molecule has 0 spiro atoms. The molecule has 1 aliphatic rings. The fourth-order valence-electron chi connectivity index (χ4n) is 3.70. The molecule has 5 nitrogen and oxygen atoms in total. The molecule has 0 fully saturated rings. The SMILES string of the molecule is CN(CCOC(=O)N1CCc2c([nH]c3ccccc23)C1)Cc1ccccc1. The van der Waals surface area contributed by atoms with Gasteiger partial charge in [-0.05, 0) is 30.7 Å². The number of para-hydroxylation sites is 1. The maximum Gasteiger partial charge on any atom is 0.410 e. The zero-order valence-electron chi connectivity index (χ0n) is 15.6. The molecule has 0 saturated carbocycles. The number of nitrogens with zero attached hydrogens (tertiary/aromatic N) is 2. The van der Waals surface area contributed by atoms with Crippen molar-refractivity contribution in [3.8, 4) is 0 Å². The number of fused-ring (bicyclic) bond motifs is 3. The third-order valence-electron chi connectivity index (χ3n) is 5.13. The van der Waals surface area contributed by atoms with Gasteiger partial charge in [-0.3, -0.25) is 4.90 Å². The van der Waals surface area contributed by atoms with Crippen LogP contribution >= 0.6 is 0 Å². The number of benzene rings is 2. The summed E-state index contributed by atoms with van der Waals surface area (Å²) in [6.45, 7) is 3.25. The van der Waals surface area contributed by atoms with E-state index in [0.717, 1.165) is 24.2 Å². The Morgan fingerprint density at radius 3 is 2.78 bits per heavy atom. The fourth-order valence-corrected chi connectivity index (χ4v) is 3.70. The molecule has 1 aliphatic heterocycles. The molecule has 2 aromatic carbocycles. The second-order valence-corrected chi connectivity index (χ2v) is 7.14. The number of likely N-dealkylation sites (N-methyl/N-ethyl adjacent to an activating group) is 1. The number of aromatic nitrogens is 1. The first-order valence-corrected chi connectivity index (χ1v) is 9.43. The smallest absolute Gasteiger partial charge is 0.410 e. The summed E-state index contributed by atoms with van der Waals surface area (Å²) in [6, 6.07) is 18.6. The maximum absolute atomic E-state index is 12.4. The van der Waals surface area contributed by atoms with Gasteiger partial charge in [0.15, 0.2) is 0 Å². The number of hydrogen-bond acceptors (Lipinski definition) is 3. The van der Waals surface area contributed by atoms with Crippen molar-refractivity contribution in [1.29, 1.82) is 0 Å². The number of nitrogens with one attached hydrogen (secondary N) is 1. The summed E-state index contributed by atoms with van der Waals surface area (Å²) >= 11 is 0. The van der Waals surface area contributed by atoms with Gasteiger partial charge < -0.3 is 14.6 Å². The molecular weight excluding hydrogens is 338 g/mol. The number of carbonyl (C=O) groups excluding carboxylic acids is 1. The second-order valence-electron chi connectivity index (χ2n) is 7.14. The first kappa shape index (κ1) is 17.6. The van der Waals surface area contributed by atoms with Crippen molar-refractivity contribution in [3.05, 3.63) is 71.4 Å². The predicted octanol–water partition coefficient (Wildman–Crippen LogP) is 3.79. The molecule has 0 atom stereocenters. The Balaban J connectivity index is 1.28. The van der Waals surface area contributed by atoms with E-state index in [0.29, 0.717) is 26.2 Å². The Morgan fingerprint density at radius 2 is 1.93 bits per heavy atom. The number of amides is 1. The Labute approximate surface area is 159 Å². The van der Waals surface area contributed by atoms with Crippen LogP contribution in [-0.2, 0) is 24.2 Å². The van der Waals surface area contributed by atoms with Crippen molar-refractivity contribution in [2.75, 3.05) is 26.7 Å². The van der Waals surface area contributed by atoms with Crippen LogP contribution in [0.5, 0.6) is 0 Å². The Bertz CT molecular complexity index is 920. The zero-order chi connectivity index (χ0) is 18.6. The van der Waals surface area contributed by atoms with Crippen LogP contribution in [0.25, 0.3) is 10.9 Å². The van der Waals surface area contributed by atoms with Crippen molar-refractivity contribution in [2.45, 2.75) is 19.5 Å². The minimum Gasteiger partial charge on any atom is -0.448 e. The lowest BCUT2D eigenvalue weighted by Gasteiger charge is -2.27. The Hall–Kier alpha value is -2.79. The molecule has 1 amide bonds. The number of rotatable bonds is 5. The predicted molar refractivity (Wildman–Crippen MR) is 107 cm³/mol. The molecule has 1 N–H and O–H groups in total. The quantitative estimate of drug-likeness (QED) is 0.750. The highest BCUT2D eigenvalue weighted by molar-refractivity contribution is 5.85. The van der Waals surface area contributed by atoms with Crippen LogP contribution in [0.4, 0.5) is 4.79 Å². The van der Waals surface area contributed by atoms with Gasteiger partial charge in [-0.25, -0.2) is 4.79 Å². The maximum atomic E-state index is 12.4. The van der Waals surface area contributed by atoms with Crippen LogP contribution in [0.15, 0.2) is 54.6 Å². The highest BCUT2D eigenvalue weighted by Crippen LogP contribution is 2.27. The van der Waals surface area contributed by atoms with Crippen molar-refractivity contribution < 1.29 is 9.53 Å². The summed E-state index contributed by atoms with van der Waals surface area (Å²) in [5.41, 5.74) is 4.85. The van der Waals surface area contributed by atoms with E-state index in [1.54, 1.807) is 4.90 Å². The van der Waals surface area contributed by atoms with Crippen molar-refractivity contribution in [2.24, 2.45) is 0 Å². The standard InChI is InChI=1S/C22H25N3O2/c1-24(15-17-7-3-2-4-8-17)13-14-27-22(26)25-12-11-19-18-9-5-6-10-20(18)23-21(19)16-25/h2-10,23H,11-16H2,1H3. The summed E-state index contributed by atoms with van der Waals surface area (Å²) in [4.78, 5) is 19.8. The third kappa shape index (κ3) is 3.98. The van der Waals surface area contributed by atoms with Crippen LogP contribution in [0.2, 0.25) is 0 Å². The molecule has 0 saturated heterocycles. The lowest BCUT2D eigenvalue weighted by Crippen LogP contribution is -2.37. The minimum atomic E-state index is -0.229. The molecule has 1 aromatic heterocycles. The van der Waals surface area contributed by atoms with E-state index < -0.39 is 0 Å². The van der Waals surface area contributed by atoms with Gasteiger partial charge in [0.05, 0.1) is 6.54 Å². The number of ether oxygens (including phenoxy) is 1. The van der Waals surface area contributed by atoms with E-state index in [1.807, 2.05) is 31.3 Å². The van der Waals surface area contributed by atoms with Crippen LogP contribution < -0.4 is 0 Å². The molecule has 4 rings (SSSR count). The molecule has 140 valence electrons. The lowest BCUT2D eigenvalue weighted by atomic mass is 10.0. The van der Waals surface area contributed by atoms with E-state index in [-0.39, 0.29) is 6.09 Å². The molecular formula is C22H25N3O2. The van der Waals surface area contributed by atoms with E-state index >= 15 is 0 Å². The number of aromatic amines is 1. The van der Waals surface area contributed by atoms with Crippen LogP contribution in [-0.4, -0.2) is 47.6 Å². The lowest BCUT2D eigenvalue weighted by molar-refractivity contribution is 0.0885. The fraction of sp³-hybridized carbons (Fsp3) is 0.318. The molecule has 27 heavy (non-hydrogen) atoms. The van der Waals surface area contributed by atoms with E-state index in [9.17, 15) is 4.79 Å². The molecule has 3 aromatic rings. The monoisotopic (exact) mass is 363 g/mol. The van der Waals surface area contributed by atoms with Gasteiger partial charge in [0.2, 0.25) is 0 Å². The van der Waals surface area contributed by atoms with E-state index in [1.165, 1.54) is 16.5 Å². The molecule has 5 heteroatoms. The summed E-state index contributed by atoms with van der Waals surface area (Å²) in [5.74, 6) is 0.